The molecule has 8 nitrogen and oxygen atoms in total. The van der Waals surface area contributed by atoms with E-state index in [9.17, 15) is 14.4 Å². The molecule has 26 heavy (non-hydrogen) atoms. The van der Waals surface area contributed by atoms with Gasteiger partial charge in [-0.25, -0.2) is 0 Å². The van der Waals surface area contributed by atoms with Gasteiger partial charge in [-0.2, -0.15) is 0 Å². The van der Waals surface area contributed by atoms with E-state index in [-0.39, 0.29) is 12.1 Å². The lowest BCUT2D eigenvalue weighted by Crippen LogP contribution is -2.50. The number of nitrogens with one attached hydrogen (secondary N) is 2. The number of fused-ring (bicyclic) bond motifs is 1. The number of carboxylic acids is 1. The Balaban J connectivity index is 0.00000338. The number of ether oxygens (including phenoxy) is 1. The summed E-state index contributed by atoms with van der Waals surface area (Å²) in [5.74, 6) is -1.65. The Bertz CT molecular complexity index is 792. The largest absolute Gasteiger partial charge is 0.484 e. The normalized spacial score (nSPS) is 12.4. The second kappa shape index (κ2) is 9.38. The molecule has 2 rings (SSSR count). The first kappa shape index (κ1) is 20.9. The molecule has 0 fully saturated rings. The predicted octanol–water partition coefficient (Wildman–Crippen LogP) is 0.488. The van der Waals surface area contributed by atoms with E-state index in [0.717, 1.165) is 10.8 Å². The summed E-state index contributed by atoms with van der Waals surface area (Å²) in [6, 6.07) is 11.4. The molecule has 2 aromatic carbocycles. The third-order valence-corrected chi connectivity index (χ3v) is 3.59. The molecule has 0 aliphatic carbocycles. The van der Waals surface area contributed by atoms with Crippen molar-refractivity contribution >= 4 is 28.6 Å². The SMILES string of the molecule is C[C@H](NC(=O)[C@H](C)NC(=O)COc1ccc2ccccc2c1)C(=O)O.O. The molecule has 0 radical (unpaired) electrons. The lowest BCUT2D eigenvalue weighted by molar-refractivity contribution is -0.141. The summed E-state index contributed by atoms with van der Waals surface area (Å²) in [4.78, 5) is 34.4. The molecule has 0 unspecified atom stereocenters. The quantitative estimate of drug-likeness (QED) is 0.658. The average Bonchev–Trinajstić information content (AvgIpc) is 2.59. The van der Waals surface area contributed by atoms with Crippen LogP contribution in [0.2, 0.25) is 0 Å². The van der Waals surface area contributed by atoms with Gasteiger partial charge in [-0.3, -0.25) is 14.4 Å². The molecule has 2 aromatic rings. The van der Waals surface area contributed by atoms with Gasteiger partial charge < -0.3 is 26.0 Å². The number of carboxylic acid groups (broad SMARTS) is 1. The number of amides is 2. The number of rotatable bonds is 7. The van der Waals surface area contributed by atoms with Crippen LogP contribution in [0.25, 0.3) is 10.8 Å². The van der Waals surface area contributed by atoms with Gasteiger partial charge in [0.25, 0.3) is 5.91 Å². The summed E-state index contributed by atoms with van der Waals surface area (Å²) >= 11 is 0. The zero-order valence-corrected chi connectivity index (χ0v) is 14.5. The highest BCUT2D eigenvalue weighted by Crippen LogP contribution is 2.20. The van der Waals surface area contributed by atoms with Crippen LogP contribution in [0.1, 0.15) is 13.8 Å². The Labute approximate surface area is 150 Å². The van der Waals surface area contributed by atoms with Gasteiger partial charge in [-0.1, -0.05) is 30.3 Å². The summed E-state index contributed by atoms with van der Waals surface area (Å²) in [6.07, 6.45) is 0. The van der Waals surface area contributed by atoms with Crippen LogP contribution in [-0.4, -0.2) is 47.1 Å². The third kappa shape index (κ3) is 5.75. The van der Waals surface area contributed by atoms with Gasteiger partial charge in [0, 0.05) is 0 Å². The van der Waals surface area contributed by atoms with Crippen LogP contribution in [0.4, 0.5) is 0 Å². The van der Waals surface area contributed by atoms with E-state index in [1.807, 2.05) is 36.4 Å². The number of benzene rings is 2. The maximum absolute atomic E-state index is 11.9. The number of carbonyl (C=O) groups is 3. The van der Waals surface area contributed by atoms with Crippen LogP contribution in [0.3, 0.4) is 0 Å². The first-order valence-corrected chi connectivity index (χ1v) is 7.81. The van der Waals surface area contributed by atoms with Gasteiger partial charge in [-0.15, -0.1) is 0 Å². The number of hydrogen-bond donors (Lipinski definition) is 3. The molecule has 0 bridgehead atoms. The molecule has 2 atom stereocenters. The van der Waals surface area contributed by atoms with Crippen molar-refractivity contribution in [3.05, 3.63) is 42.5 Å². The van der Waals surface area contributed by atoms with Crippen molar-refractivity contribution < 1.29 is 29.7 Å². The molecule has 0 spiro atoms. The Morgan fingerprint density at radius 2 is 1.65 bits per heavy atom. The van der Waals surface area contributed by atoms with Gasteiger partial charge in [0.05, 0.1) is 0 Å². The number of aliphatic carboxylic acids is 1. The molecule has 0 saturated heterocycles. The highest BCUT2D eigenvalue weighted by Gasteiger charge is 2.20. The van der Waals surface area contributed by atoms with Crippen LogP contribution in [0.15, 0.2) is 42.5 Å². The van der Waals surface area contributed by atoms with Crippen molar-refractivity contribution in [2.75, 3.05) is 6.61 Å². The van der Waals surface area contributed by atoms with E-state index < -0.39 is 29.9 Å². The fourth-order valence-electron chi connectivity index (χ4n) is 2.15. The summed E-state index contributed by atoms with van der Waals surface area (Å²) < 4.78 is 5.44. The monoisotopic (exact) mass is 362 g/mol. The minimum absolute atomic E-state index is 0. The lowest BCUT2D eigenvalue weighted by atomic mass is 10.1. The van der Waals surface area contributed by atoms with E-state index in [2.05, 4.69) is 10.6 Å². The molecular formula is C18H22N2O6. The second-order valence-corrected chi connectivity index (χ2v) is 5.66. The Kier molecular flexibility index (Phi) is 7.54. The first-order chi connectivity index (χ1) is 11.9. The van der Waals surface area contributed by atoms with Crippen LogP contribution in [0.5, 0.6) is 5.75 Å². The van der Waals surface area contributed by atoms with Crippen molar-refractivity contribution in [3.8, 4) is 5.75 Å². The highest BCUT2D eigenvalue weighted by atomic mass is 16.5. The maximum atomic E-state index is 11.9. The minimum atomic E-state index is -1.15. The van der Waals surface area contributed by atoms with E-state index in [1.165, 1.54) is 13.8 Å². The molecule has 0 aromatic heterocycles. The fraction of sp³-hybridized carbons (Fsp3) is 0.278. The molecular weight excluding hydrogens is 340 g/mol. The molecule has 140 valence electrons. The second-order valence-electron chi connectivity index (χ2n) is 5.66. The van der Waals surface area contributed by atoms with Gasteiger partial charge in [0.1, 0.15) is 17.8 Å². The van der Waals surface area contributed by atoms with Crippen molar-refractivity contribution in [2.45, 2.75) is 25.9 Å². The van der Waals surface area contributed by atoms with Gasteiger partial charge >= 0.3 is 5.97 Å². The third-order valence-electron chi connectivity index (χ3n) is 3.59. The first-order valence-electron chi connectivity index (χ1n) is 7.81. The Morgan fingerprint density at radius 1 is 1.00 bits per heavy atom. The Morgan fingerprint density at radius 3 is 2.31 bits per heavy atom. The summed E-state index contributed by atoms with van der Waals surface area (Å²) in [5, 5.41) is 15.6. The predicted molar refractivity (Wildman–Crippen MR) is 95.9 cm³/mol. The standard InChI is InChI=1S/C18H20N2O5.H2O/c1-11(17(22)20-12(2)18(23)24)19-16(21)10-25-15-8-7-13-5-3-4-6-14(13)9-15;/h3-9,11-12H,10H2,1-2H3,(H,19,21)(H,20,22)(H,23,24);1H2/t11-,12-;/m0./s1. The number of carbonyl (C=O) groups excluding carboxylic acids is 2. The highest BCUT2D eigenvalue weighted by molar-refractivity contribution is 5.90. The number of hydrogen-bond acceptors (Lipinski definition) is 4. The topological polar surface area (TPSA) is 136 Å². The Hall–Kier alpha value is -3.13. The van der Waals surface area contributed by atoms with Crippen LogP contribution in [0, 0.1) is 0 Å². The molecule has 5 N–H and O–H groups in total. The summed E-state index contributed by atoms with van der Waals surface area (Å²) in [5.41, 5.74) is 0. The molecule has 2 amide bonds. The fourth-order valence-corrected chi connectivity index (χ4v) is 2.15. The van der Waals surface area contributed by atoms with E-state index >= 15 is 0 Å². The average molecular weight is 362 g/mol. The van der Waals surface area contributed by atoms with Crippen LogP contribution in [-0.2, 0) is 14.4 Å². The zero-order chi connectivity index (χ0) is 18.4. The zero-order valence-electron chi connectivity index (χ0n) is 14.5. The van der Waals surface area contributed by atoms with Gasteiger partial charge in [0.2, 0.25) is 5.91 Å². The van der Waals surface area contributed by atoms with E-state index in [0.29, 0.717) is 5.75 Å². The van der Waals surface area contributed by atoms with Crippen molar-refractivity contribution in [3.63, 3.8) is 0 Å². The van der Waals surface area contributed by atoms with Gasteiger partial charge in [0.15, 0.2) is 6.61 Å². The summed E-state index contributed by atoms with van der Waals surface area (Å²) in [6.45, 7) is 2.57. The smallest absolute Gasteiger partial charge is 0.325 e. The molecule has 0 saturated carbocycles. The van der Waals surface area contributed by atoms with Crippen LogP contribution >= 0.6 is 0 Å². The van der Waals surface area contributed by atoms with Crippen molar-refractivity contribution in [1.29, 1.82) is 0 Å². The minimum Gasteiger partial charge on any atom is -0.484 e. The van der Waals surface area contributed by atoms with Gasteiger partial charge in [-0.05, 0) is 36.8 Å². The van der Waals surface area contributed by atoms with Crippen LogP contribution < -0.4 is 15.4 Å². The molecule has 0 aliphatic heterocycles. The molecule has 0 aliphatic rings. The van der Waals surface area contributed by atoms with Crippen molar-refractivity contribution in [1.82, 2.24) is 10.6 Å². The molecule has 0 heterocycles. The summed E-state index contributed by atoms with van der Waals surface area (Å²) in [7, 11) is 0. The van der Waals surface area contributed by atoms with E-state index in [1.54, 1.807) is 6.07 Å². The van der Waals surface area contributed by atoms with Crippen molar-refractivity contribution in [2.24, 2.45) is 0 Å². The maximum Gasteiger partial charge on any atom is 0.325 e. The molecule has 8 heteroatoms. The lowest BCUT2D eigenvalue weighted by Gasteiger charge is -2.16. The van der Waals surface area contributed by atoms with E-state index in [4.69, 9.17) is 9.84 Å².